The maximum Gasteiger partial charge on any atom is 0.322 e. The average Bonchev–Trinajstić information content (AvgIpc) is 2.99. The fourth-order valence-corrected chi connectivity index (χ4v) is 2.99. The molecule has 1 fully saturated rings. The number of rotatable bonds is 2. The monoisotopic (exact) mass is 314 g/mol. The van der Waals surface area contributed by atoms with Crippen molar-refractivity contribution >= 4 is 11.7 Å². The maximum absolute atomic E-state index is 12.7. The summed E-state index contributed by atoms with van der Waals surface area (Å²) in [5.41, 5.74) is 1.24. The molecule has 2 aromatic rings. The van der Waals surface area contributed by atoms with Crippen LogP contribution < -0.4 is 5.32 Å². The lowest BCUT2D eigenvalue weighted by molar-refractivity contribution is -0.116. The second-order valence-corrected chi connectivity index (χ2v) is 6.47. The van der Waals surface area contributed by atoms with Crippen LogP contribution >= 0.6 is 0 Å². The van der Waals surface area contributed by atoms with Gasteiger partial charge in [-0.25, -0.2) is 9.48 Å². The van der Waals surface area contributed by atoms with Crippen molar-refractivity contribution in [1.29, 1.82) is 0 Å². The topological polar surface area (TPSA) is 59.4 Å². The standard InChI is InChI=1S/C17H22N4O2/c1-13-11-20(12-17(2,3)23-13)16(22)19-14-7-4-5-8-15(14)21-10-6-9-18-21/h4-10,13H,11-12H2,1-3H3,(H,19,22). The van der Waals surface area contributed by atoms with Crippen LogP contribution in [0.3, 0.4) is 0 Å². The van der Waals surface area contributed by atoms with Crippen LogP contribution in [0.5, 0.6) is 0 Å². The van der Waals surface area contributed by atoms with Crippen molar-refractivity contribution in [1.82, 2.24) is 14.7 Å². The molecule has 0 radical (unpaired) electrons. The normalized spacial score (nSPS) is 20.3. The third-order valence-electron chi connectivity index (χ3n) is 3.75. The number of carbonyl (C=O) groups excluding carboxylic acids is 1. The molecule has 0 bridgehead atoms. The number of benzene rings is 1. The molecule has 0 aliphatic carbocycles. The van der Waals surface area contributed by atoms with E-state index in [0.717, 1.165) is 11.4 Å². The quantitative estimate of drug-likeness (QED) is 0.927. The smallest absolute Gasteiger partial charge is 0.322 e. The predicted octanol–water partition coefficient (Wildman–Crippen LogP) is 2.90. The van der Waals surface area contributed by atoms with E-state index in [9.17, 15) is 4.79 Å². The van der Waals surface area contributed by atoms with Gasteiger partial charge < -0.3 is 15.0 Å². The molecule has 3 rings (SSSR count). The van der Waals surface area contributed by atoms with E-state index < -0.39 is 0 Å². The number of nitrogens with one attached hydrogen (secondary N) is 1. The second kappa shape index (κ2) is 6.04. The van der Waals surface area contributed by atoms with Crippen LogP contribution in [-0.2, 0) is 4.74 Å². The molecule has 1 aliphatic heterocycles. The van der Waals surface area contributed by atoms with Crippen molar-refractivity contribution in [3.8, 4) is 5.69 Å². The molecule has 1 N–H and O–H groups in total. The largest absolute Gasteiger partial charge is 0.369 e. The molecular weight excluding hydrogens is 292 g/mol. The number of morpholine rings is 1. The fraction of sp³-hybridized carbons (Fsp3) is 0.412. The van der Waals surface area contributed by atoms with E-state index in [1.807, 2.05) is 57.3 Å². The van der Waals surface area contributed by atoms with Crippen LogP contribution in [0, 0.1) is 0 Å². The van der Waals surface area contributed by atoms with Crippen LogP contribution in [0.2, 0.25) is 0 Å². The number of hydrogen-bond acceptors (Lipinski definition) is 3. The summed E-state index contributed by atoms with van der Waals surface area (Å²) in [5, 5.41) is 7.23. The molecule has 1 aromatic carbocycles. The van der Waals surface area contributed by atoms with Crippen molar-refractivity contribution in [3.63, 3.8) is 0 Å². The highest BCUT2D eigenvalue weighted by Crippen LogP contribution is 2.23. The Balaban J connectivity index is 1.79. The van der Waals surface area contributed by atoms with Gasteiger partial charge in [0.15, 0.2) is 0 Å². The number of aromatic nitrogens is 2. The molecule has 6 nitrogen and oxygen atoms in total. The first-order chi connectivity index (χ1) is 10.9. The molecule has 2 heterocycles. The summed E-state index contributed by atoms with van der Waals surface area (Å²) in [7, 11) is 0. The van der Waals surface area contributed by atoms with Crippen molar-refractivity contribution in [3.05, 3.63) is 42.7 Å². The Morgan fingerprint density at radius 2 is 2.13 bits per heavy atom. The zero-order chi connectivity index (χ0) is 16.4. The summed E-state index contributed by atoms with van der Waals surface area (Å²) in [6.07, 6.45) is 3.58. The van der Waals surface area contributed by atoms with Gasteiger partial charge in [-0.1, -0.05) is 12.1 Å². The number of para-hydroxylation sites is 2. The molecule has 6 heteroatoms. The van der Waals surface area contributed by atoms with Gasteiger partial charge in [-0.15, -0.1) is 0 Å². The lowest BCUT2D eigenvalue weighted by Gasteiger charge is -2.41. The Bertz CT molecular complexity index is 682. The highest BCUT2D eigenvalue weighted by molar-refractivity contribution is 5.91. The van der Waals surface area contributed by atoms with E-state index in [0.29, 0.717) is 13.1 Å². The zero-order valence-electron chi connectivity index (χ0n) is 13.7. The van der Waals surface area contributed by atoms with Gasteiger partial charge in [-0.3, -0.25) is 0 Å². The molecule has 122 valence electrons. The van der Waals surface area contributed by atoms with Gasteiger partial charge in [0.25, 0.3) is 0 Å². The van der Waals surface area contributed by atoms with Crippen molar-refractivity contribution < 1.29 is 9.53 Å². The average molecular weight is 314 g/mol. The van der Waals surface area contributed by atoms with Gasteiger partial charge in [0, 0.05) is 18.9 Å². The van der Waals surface area contributed by atoms with Crippen molar-refractivity contribution in [2.75, 3.05) is 18.4 Å². The molecule has 0 spiro atoms. The number of hydrogen-bond donors (Lipinski definition) is 1. The van der Waals surface area contributed by atoms with E-state index >= 15 is 0 Å². The van der Waals surface area contributed by atoms with Crippen LogP contribution in [0.15, 0.2) is 42.7 Å². The molecule has 23 heavy (non-hydrogen) atoms. The first kappa shape index (κ1) is 15.6. The SMILES string of the molecule is CC1CN(C(=O)Nc2ccccc2-n2cccn2)CC(C)(C)O1. The Morgan fingerprint density at radius 1 is 1.35 bits per heavy atom. The predicted molar refractivity (Wildman–Crippen MR) is 88.8 cm³/mol. The van der Waals surface area contributed by atoms with Gasteiger partial charge in [0.05, 0.1) is 29.6 Å². The number of nitrogens with zero attached hydrogens (tertiary/aromatic N) is 3. The minimum atomic E-state index is -0.337. The highest BCUT2D eigenvalue weighted by atomic mass is 16.5. The molecule has 1 saturated heterocycles. The van der Waals surface area contributed by atoms with E-state index in [2.05, 4.69) is 10.4 Å². The molecule has 1 aromatic heterocycles. The molecule has 2 amide bonds. The van der Waals surface area contributed by atoms with Gasteiger partial charge in [-0.05, 0) is 39.0 Å². The molecule has 0 saturated carbocycles. The second-order valence-electron chi connectivity index (χ2n) is 6.47. The van der Waals surface area contributed by atoms with E-state index in [4.69, 9.17) is 4.74 Å². The summed E-state index contributed by atoms with van der Waals surface area (Å²) in [4.78, 5) is 14.5. The van der Waals surface area contributed by atoms with Crippen LogP contribution in [0.25, 0.3) is 5.69 Å². The molecular formula is C17H22N4O2. The molecule has 1 atom stereocenters. The van der Waals surface area contributed by atoms with Crippen LogP contribution in [-0.4, -0.2) is 45.5 Å². The number of amides is 2. The Morgan fingerprint density at radius 3 is 2.83 bits per heavy atom. The van der Waals surface area contributed by atoms with Gasteiger partial charge in [-0.2, -0.15) is 5.10 Å². The summed E-state index contributed by atoms with van der Waals surface area (Å²) in [5.74, 6) is 0. The van der Waals surface area contributed by atoms with Crippen LogP contribution in [0.4, 0.5) is 10.5 Å². The van der Waals surface area contributed by atoms with E-state index in [1.165, 1.54) is 0 Å². The van der Waals surface area contributed by atoms with E-state index in [-0.39, 0.29) is 17.7 Å². The molecule has 1 unspecified atom stereocenters. The third kappa shape index (κ3) is 3.53. The summed E-state index contributed by atoms with van der Waals surface area (Å²) in [6, 6.07) is 9.36. The zero-order valence-corrected chi connectivity index (χ0v) is 13.7. The minimum absolute atomic E-state index is 0.0193. The summed E-state index contributed by atoms with van der Waals surface area (Å²) in [6.45, 7) is 7.13. The van der Waals surface area contributed by atoms with Crippen molar-refractivity contribution in [2.24, 2.45) is 0 Å². The highest BCUT2D eigenvalue weighted by Gasteiger charge is 2.33. The van der Waals surface area contributed by atoms with Crippen molar-refractivity contribution in [2.45, 2.75) is 32.5 Å². The fourth-order valence-electron chi connectivity index (χ4n) is 2.99. The minimum Gasteiger partial charge on any atom is -0.369 e. The number of carbonyl (C=O) groups is 1. The summed E-state index contributed by atoms with van der Waals surface area (Å²) < 4.78 is 7.59. The lowest BCUT2D eigenvalue weighted by Crippen LogP contribution is -2.54. The van der Waals surface area contributed by atoms with Gasteiger partial charge >= 0.3 is 6.03 Å². The lowest BCUT2D eigenvalue weighted by atomic mass is 10.1. The Labute approximate surface area is 136 Å². The number of urea groups is 1. The third-order valence-corrected chi connectivity index (χ3v) is 3.75. The first-order valence-electron chi connectivity index (χ1n) is 7.77. The Hall–Kier alpha value is -2.34. The van der Waals surface area contributed by atoms with E-state index in [1.54, 1.807) is 15.8 Å². The first-order valence-corrected chi connectivity index (χ1v) is 7.77. The van der Waals surface area contributed by atoms with Gasteiger partial charge in [0.1, 0.15) is 0 Å². The summed E-state index contributed by atoms with van der Waals surface area (Å²) >= 11 is 0. The molecule has 1 aliphatic rings. The van der Waals surface area contributed by atoms with Crippen LogP contribution in [0.1, 0.15) is 20.8 Å². The van der Waals surface area contributed by atoms with Gasteiger partial charge in [0.2, 0.25) is 0 Å². The Kier molecular flexibility index (Phi) is 4.09. The maximum atomic E-state index is 12.7. The number of ether oxygens (including phenoxy) is 1. The number of anilines is 1.